The number of nitrogen functional groups attached to an aromatic ring is 1. The summed E-state index contributed by atoms with van der Waals surface area (Å²) in [5.74, 6) is 1.01. The summed E-state index contributed by atoms with van der Waals surface area (Å²) in [6, 6.07) is 8.43. The van der Waals surface area contributed by atoms with E-state index in [2.05, 4.69) is 37.1 Å². The van der Waals surface area contributed by atoms with E-state index in [4.69, 9.17) is 17.3 Å². The molecule has 7 nitrogen and oxygen atoms in total. The van der Waals surface area contributed by atoms with E-state index < -0.39 is 5.60 Å². The van der Waals surface area contributed by atoms with Crippen molar-refractivity contribution < 1.29 is 5.11 Å². The third kappa shape index (κ3) is 5.82. The average molecular weight is 393 g/mol. The highest BCUT2D eigenvalue weighted by Gasteiger charge is 2.29. The molecule has 0 unspecified atom stereocenters. The number of benzene rings is 1. The van der Waals surface area contributed by atoms with Crippen LogP contribution in [0.2, 0.25) is 5.02 Å². The molecule has 1 aromatic carbocycles. The Balaban J connectivity index is 1.60. The molecule has 0 aliphatic carbocycles. The van der Waals surface area contributed by atoms with Crippen molar-refractivity contribution in [2.75, 3.05) is 36.8 Å². The molecule has 3 rings (SSSR count). The number of nitrogens with one attached hydrogen (secondary N) is 1. The van der Waals surface area contributed by atoms with Crippen LogP contribution >= 0.6 is 11.6 Å². The average Bonchev–Trinajstić information content (AvgIpc) is 3.06. The second-order valence-electron chi connectivity index (χ2n) is 7.90. The first-order chi connectivity index (χ1) is 12.8. The van der Waals surface area contributed by atoms with Gasteiger partial charge in [0, 0.05) is 37.2 Å². The molecule has 8 heteroatoms. The first-order valence-corrected chi connectivity index (χ1v) is 9.82. The fourth-order valence-corrected chi connectivity index (χ4v) is 3.77. The fourth-order valence-electron chi connectivity index (χ4n) is 3.65. The predicted molar refractivity (Wildman–Crippen MR) is 109 cm³/mol. The van der Waals surface area contributed by atoms with Gasteiger partial charge in [-0.2, -0.15) is 4.98 Å². The number of halogens is 1. The molecule has 0 amide bonds. The standard InChI is InChI=1S/C19H29ClN6O/c1-19(2,27)13-26(10-7-14-3-5-15(20)6-4-14)16-8-11-25(12-9-16)18-22-17(21)23-24-18/h3-6,16,27H,7-13H2,1-2H3,(H3,21,22,23,24). The summed E-state index contributed by atoms with van der Waals surface area (Å²) in [6.45, 7) is 7.06. The number of nitrogens with zero attached hydrogens (tertiary/aromatic N) is 4. The number of hydrogen-bond acceptors (Lipinski definition) is 6. The summed E-state index contributed by atoms with van der Waals surface area (Å²) in [4.78, 5) is 8.79. The minimum absolute atomic E-state index is 0.346. The van der Waals surface area contributed by atoms with Crippen LogP contribution in [0.15, 0.2) is 24.3 Å². The summed E-state index contributed by atoms with van der Waals surface area (Å²) < 4.78 is 0. The van der Waals surface area contributed by atoms with Gasteiger partial charge in [0.15, 0.2) is 0 Å². The van der Waals surface area contributed by atoms with Gasteiger partial charge in [-0.25, -0.2) is 5.10 Å². The van der Waals surface area contributed by atoms with E-state index in [9.17, 15) is 5.11 Å². The number of nitrogens with two attached hydrogens (primary N) is 1. The lowest BCUT2D eigenvalue weighted by Gasteiger charge is -2.40. The quantitative estimate of drug-likeness (QED) is 0.669. The summed E-state index contributed by atoms with van der Waals surface area (Å²) in [5, 5.41) is 18.0. The van der Waals surface area contributed by atoms with Gasteiger partial charge in [-0.15, -0.1) is 5.10 Å². The van der Waals surface area contributed by atoms with Crippen LogP contribution in [0.5, 0.6) is 0 Å². The molecule has 0 spiro atoms. The minimum atomic E-state index is -0.727. The lowest BCUT2D eigenvalue weighted by molar-refractivity contribution is 0.0165. The zero-order valence-electron chi connectivity index (χ0n) is 16.0. The van der Waals surface area contributed by atoms with Crippen LogP contribution in [0.3, 0.4) is 0 Å². The largest absolute Gasteiger partial charge is 0.389 e. The molecule has 1 saturated heterocycles. The number of hydrogen-bond donors (Lipinski definition) is 3. The van der Waals surface area contributed by atoms with Gasteiger partial charge in [0.1, 0.15) is 0 Å². The Bertz CT molecular complexity index is 719. The number of rotatable bonds is 7. The zero-order chi connectivity index (χ0) is 19.4. The Morgan fingerprint density at radius 3 is 2.52 bits per heavy atom. The Kier molecular flexibility index (Phi) is 6.24. The van der Waals surface area contributed by atoms with Crippen molar-refractivity contribution in [1.29, 1.82) is 0 Å². The van der Waals surface area contributed by atoms with Crippen LogP contribution in [0.1, 0.15) is 32.3 Å². The van der Waals surface area contributed by atoms with Crippen LogP contribution in [0.25, 0.3) is 0 Å². The second kappa shape index (κ2) is 8.46. The highest BCUT2D eigenvalue weighted by atomic mass is 35.5. The lowest BCUT2D eigenvalue weighted by Crippen LogP contribution is -2.50. The molecule has 2 aromatic rings. The van der Waals surface area contributed by atoms with Crippen molar-refractivity contribution in [1.82, 2.24) is 20.1 Å². The molecule has 1 fully saturated rings. The molecule has 1 aliphatic rings. The van der Waals surface area contributed by atoms with Crippen molar-refractivity contribution in [2.24, 2.45) is 0 Å². The van der Waals surface area contributed by atoms with Gasteiger partial charge < -0.3 is 15.7 Å². The monoisotopic (exact) mass is 392 g/mol. The highest BCUT2D eigenvalue weighted by Crippen LogP contribution is 2.22. The molecule has 1 aliphatic heterocycles. The molecular formula is C19H29ClN6O. The van der Waals surface area contributed by atoms with Gasteiger partial charge in [-0.1, -0.05) is 23.7 Å². The molecule has 148 valence electrons. The Hall–Kier alpha value is -1.83. The van der Waals surface area contributed by atoms with Gasteiger partial charge >= 0.3 is 0 Å². The van der Waals surface area contributed by atoms with Gasteiger partial charge in [-0.3, -0.25) is 4.90 Å². The number of aromatic amines is 1. The van der Waals surface area contributed by atoms with Crippen LogP contribution in [-0.2, 0) is 6.42 Å². The molecule has 1 aromatic heterocycles. The lowest BCUT2D eigenvalue weighted by atomic mass is 9.99. The Labute approximate surface area is 165 Å². The molecule has 0 radical (unpaired) electrons. The first kappa shape index (κ1) is 19.9. The Morgan fingerprint density at radius 1 is 1.30 bits per heavy atom. The summed E-state index contributed by atoms with van der Waals surface area (Å²) in [5.41, 5.74) is 6.17. The van der Waals surface area contributed by atoms with Crippen LogP contribution in [0, 0.1) is 0 Å². The van der Waals surface area contributed by atoms with Gasteiger partial charge in [0.25, 0.3) is 0 Å². The Morgan fingerprint density at radius 2 is 1.96 bits per heavy atom. The normalized spacial score (nSPS) is 16.3. The zero-order valence-corrected chi connectivity index (χ0v) is 16.8. The van der Waals surface area contributed by atoms with Gasteiger partial charge in [0.05, 0.1) is 5.60 Å². The number of H-pyrrole nitrogens is 1. The predicted octanol–water partition coefficient (Wildman–Crippen LogP) is 2.32. The van der Waals surface area contributed by atoms with Crippen molar-refractivity contribution >= 4 is 23.5 Å². The highest BCUT2D eigenvalue weighted by molar-refractivity contribution is 6.30. The van der Waals surface area contributed by atoms with E-state index >= 15 is 0 Å². The summed E-state index contributed by atoms with van der Waals surface area (Å²) in [7, 11) is 0. The van der Waals surface area contributed by atoms with E-state index in [0.29, 0.717) is 24.5 Å². The minimum Gasteiger partial charge on any atom is -0.389 e. The SMILES string of the molecule is CC(C)(O)CN(CCc1ccc(Cl)cc1)C1CCN(c2n[nH]c(N)n2)CC1. The van der Waals surface area contributed by atoms with Crippen molar-refractivity contribution in [3.63, 3.8) is 0 Å². The molecule has 4 N–H and O–H groups in total. The smallest absolute Gasteiger partial charge is 0.246 e. The maximum Gasteiger partial charge on any atom is 0.246 e. The van der Waals surface area contributed by atoms with Gasteiger partial charge in [-0.05, 0) is 50.8 Å². The molecule has 2 heterocycles. The molecular weight excluding hydrogens is 364 g/mol. The third-order valence-electron chi connectivity index (χ3n) is 4.95. The second-order valence-corrected chi connectivity index (χ2v) is 8.33. The van der Waals surface area contributed by atoms with Crippen LogP contribution in [-0.4, -0.2) is 63.0 Å². The molecule has 27 heavy (non-hydrogen) atoms. The third-order valence-corrected chi connectivity index (χ3v) is 5.20. The van der Waals surface area contributed by atoms with E-state index in [0.717, 1.165) is 43.9 Å². The number of piperidine rings is 1. The summed E-state index contributed by atoms with van der Waals surface area (Å²) in [6.07, 6.45) is 2.95. The van der Waals surface area contributed by atoms with Crippen molar-refractivity contribution in [2.45, 2.75) is 44.8 Å². The summed E-state index contributed by atoms with van der Waals surface area (Å²) >= 11 is 5.98. The number of aliphatic hydroxyl groups is 1. The molecule has 0 atom stereocenters. The van der Waals surface area contributed by atoms with Gasteiger partial charge in [0.2, 0.25) is 11.9 Å². The van der Waals surface area contributed by atoms with E-state index in [1.54, 1.807) is 0 Å². The van der Waals surface area contributed by atoms with E-state index in [-0.39, 0.29) is 0 Å². The maximum atomic E-state index is 10.4. The van der Waals surface area contributed by atoms with E-state index in [1.807, 2.05) is 26.0 Å². The van der Waals surface area contributed by atoms with Crippen LogP contribution in [0.4, 0.5) is 11.9 Å². The van der Waals surface area contributed by atoms with Crippen LogP contribution < -0.4 is 10.6 Å². The van der Waals surface area contributed by atoms with Crippen molar-refractivity contribution in [3.05, 3.63) is 34.9 Å². The maximum absolute atomic E-state index is 10.4. The number of anilines is 2. The number of aromatic nitrogens is 3. The van der Waals surface area contributed by atoms with Crippen molar-refractivity contribution in [3.8, 4) is 0 Å². The topological polar surface area (TPSA) is 94.3 Å². The molecule has 0 bridgehead atoms. The first-order valence-electron chi connectivity index (χ1n) is 9.44. The van der Waals surface area contributed by atoms with E-state index in [1.165, 1.54) is 5.56 Å². The molecule has 0 saturated carbocycles. The fraction of sp³-hybridized carbons (Fsp3) is 0.579.